The van der Waals surface area contributed by atoms with Crippen molar-refractivity contribution in [3.63, 3.8) is 0 Å². The number of sulfonamides is 1. The van der Waals surface area contributed by atoms with Gasteiger partial charge in [0.05, 0.1) is 12.8 Å². The van der Waals surface area contributed by atoms with Gasteiger partial charge in [0.15, 0.2) is 5.82 Å². The van der Waals surface area contributed by atoms with Crippen molar-refractivity contribution in [1.82, 2.24) is 9.29 Å². The molecule has 0 bridgehead atoms. The molecule has 0 amide bonds. The van der Waals surface area contributed by atoms with Crippen molar-refractivity contribution in [3.8, 4) is 0 Å². The number of pyridine rings is 1. The summed E-state index contributed by atoms with van der Waals surface area (Å²) in [4.78, 5) is 3.61. The Labute approximate surface area is 110 Å². The first-order valence-corrected chi connectivity index (χ1v) is 7.12. The molecule has 0 saturated carbocycles. The Morgan fingerprint density at radius 1 is 1.37 bits per heavy atom. The first kappa shape index (κ1) is 13.7. The number of nitrogens with zero attached hydrogens (tertiary/aromatic N) is 2. The van der Waals surface area contributed by atoms with Crippen molar-refractivity contribution in [2.75, 3.05) is 6.54 Å². The van der Waals surface area contributed by atoms with E-state index in [4.69, 9.17) is 4.42 Å². The van der Waals surface area contributed by atoms with Crippen LogP contribution in [-0.2, 0) is 16.6 Å². The Bertz CT molecular complexity index is 641. The molecule has 0 fully saturated rings. The number of halogens is 1. The Kier molecular flexibility index (Phi) is 3.96. The maximum Gasteiger partial charge on any atom is 0.263 e. The zero-order chi connectivity index (χ0) is 13.9. The fourth-order valence-electron chi connectivity index (χ4n) is 1.63. The van der Waals surface area contributed by atoms with Gasteiger partial charge in [0, 0.05) is 12.7 Å². The molecule has 19 heavy (non-hydrogen) atoms. The van der Waals surface area contributed by atoms with Crippen LogP contribution in [0.1, 0.15) is 12.7 Å². The molecule has 0 atom stereocenters. The summed E-state index contributed by atoms with van der Waals surface area (Å²) >= 11 is 0. The molecule has 0 spiro atoms. The van der Waals surface area contributed by atoms with Crippen LogP contribution in [0.5, 0.6) is 0 Å². The molecule has 5 nitrogen and oxygen atoms in total. The summed E-state index contributed by atoms with van der Waals surface area (Å²) in [7, 11) is -3.97. The second-order valence-corrected chi connectivity index (χ2v) is 5.65. The van der Waals surface area contributed by atoms with E-state index < -0.39 is 20.9 Å². The van der Waals surface area contributed by atoms with Crippen LogP contribution < -0.4 is 0 Å². The first-order valence-electron chi connectivity index (χ1n) is 5.68. The van der Waals surface area contributed by atoms with Gasteiger partial charge >= 0.3 is 0 Å². The van der Waals surface area contributed by atoms with Gasteiger partial charge in [-0.3, -0.25) is 0 Å². The fourth-order valence-corrected chi connectivity index (χ4v) is 3.02. The van der Waals surface area contributed by atoms with E-state index in [1.165, 1.54) is 18.5 Å². The normalized spacial score (nSPS) is 11.9. The van der Waals surface area contributed by atoms with Gasteiger partial charge in [-0.25, -0.2) is 17.8 Å². The van der Waals surface area contributed by atoms with Crippen molar-refractivity contribution < 1.29 is 17.2 Å². The van der Waals surface area contributed by atoms with E-state index in [2.05, 4.69) is 4.98 Å². The van der Waals surface area contributed by atoms with Crippen molar-refractivity contribution >= 4 is 10.0 Å². The lowest BCUT2D eigenvalue weighted by molar-refractivity contribution is 0.371. The van der Waals surface area contributed by atoms with E-state index in [-0.39, 0.29) is 13.1 Å². The van der Waals surface area contributed by atoms with Gasteiger partial charge in [0.1, 0.15) is 5.76 Å². The highest BCUT2D eigenvalue weighted by molar-refractivity contribution is 7.89. The molecule has 0 saturated heterocycles. The van der Waals surface area contributed by atoms with Crippen LogP contribution in [-0.4, -0.2) is 24.3 Å². The van der Waals surface area contributed by atoms with E-state index in [1.54, 1.807) is 19.1 Å². The monoisotopic (exact) mass is 284 g/mol. The van der Waals surface area contributed by atoms with Crippen LogP contribution >= 0.6 is 0 Å². The summed E-state index contributed by atoms with van der Waals surface area (Å²) in [6.07, 6.45) is 2.70. The van der Waals surface area contributed by atoms with Crippen LogP contribution in [0.25, 0.3) is 0 Å². The quantitative estimate of drug-likeness (QED) is 0.842. The maximum atomic E-state index is 13.6. The van der Waals surface area contributed by atoms with Crippen LogP contribution in [0.2, 0.25) is 0 Å². The summed E-state index contributed by atoms with van der Waals surface area (Å²) in [6, 6.07) is 5.74. The maximum absolute atomic E-state index is 13.6. The molecule has 0 aliphatic carbocycles. The lowest BCUT2D eigenvalue weighted by Gasteiger charge is -2.18. The topological polar surface area (TPSA) is 63.4 Å². The van der Waals surface area contributed by atoms with Crippen molar-refractivity contribution in [1.29, 1.82) is 0 Å². The lowest BCUT2D eigenvalue weighted by atomic mass is 10.4. The number of aromatic nitrogens is 1. The lowest BCUT2D eigenvalue weighted by Crippen LogP contribution is -2.31. The van der Waals surface area contributed by atoms with E-state index in [0.717, 1.165) is 10.4 Å². The van der Waals surface area contributed by atoms with Crippen molar-refractivity contribution in [2.24, 2.45) is 0 Å². The zero-order valence-corrected chi connectivity index (χ0v) is 11.1. The first-order chi connectivity index (χ1) is 9.05. The average molecular weight is 284 g/mol. The predicted octanol–water partition coefficient (Wildman–Crippen LogP) is 2.02. The smallest absolute Gasteiger partial charge is 0.263 e. The van der Waals surface area contributed by atoms with Crippen LogP contribution in [0.15, 0.2) is 46.2 Å². The molecule has 0 radical (unpaired) electrons. The second kappa shape index (κ2) is 5.50. The molecule has 2 aromatic heterocycles. The Morgan fingerprint density at radius 2 is 2.16 bits per heavy atom. The minimum atomic E-state index is -3.97. The molecule has 2 aromatic rings. The molecule has 0 aromatic carbocycles. The number of hydrogen-bond acceptors (Lipinski definition) is 4. The summed E-state index contributed by atoms with van der Waals surface area (Å²) < 4.78 is 44.4. The predicted molar refractivity (Wildman–Crippen MR) is 66.2 cm³/mol. The fraction of sp³-hybridized carbons (Fsp3) is 0.250. The highest BCUT2D eigenvalue weighted by Crippen LogP contribution is 2.18. The third kappa shape index (κ3) is 2.82. The average Bonchev–Trinajstić information content (AvgIpc) is 2.89. The number of hydrogen-bond donors (Lipinski definition) is 0. The summed E-state index contributed by atoms with van der Waals surface area (Å²) in [6.45, 7) is 1.90. The third-order valence-electron chi connectivity index (χ3n) is 2.57. The highest BCUT2D eigenvalue weighted by Gasteiger charge is 2.28. The van der Waals surface area contributed by atoms with Crippen LogP contribution in [0, 0.1) is 5.82 Å². The summed E-state index contributed by atoms with van der Waals surface area (Å²) in [5, 5.41) is -0.566. The molecule has 102 valence electrons. The molecule has 0 aliphatic rings. The van der Waals surface area contributed by atoms with Gasteiger partial charge in [0.2, 0.25) is 5.03 Å². The minimum Gasteiger partial charge on any atom is -0.468 e. The molecule has 2 rings (SSSR count). The molecule has 0 unspecified atom stereocenters. The van der Waals surface area contributed by atoms with Crippen molar-refractivity contribution in [3.05, 3.63) is 48.3 Å². The molecular weight excluding hydrogens is 271 g/mol. The number of furan rings is 1. The SMILES string of the molecule is CCN(Cc1ccco1)S(=O)(=O)c1ncccc1F. The third-order valence-corrected chi connectivity index (χ3v) is 4.43. The van der Waals surface area contributed by atoms with Gasteiger partial charge < -0.3 is 4.42 Å². The van der Waals surface area contributed by atoms with E-state index >= 15 is 0 Å². The summed E-state index contributed by atoms with van der Waals surface area (Å²) in [5.41, 5.74) is 0. The van der Waals surface area contributed by atoms with Gasteiger partial charge in [-0.2, -0.15) is 4.31 Å². The Hall–Kier alpha value is -1.73. The Balaban J connectivity index is 2.34. The molecule has 7 heteroatoms. The summed E-state index contributed by atoms with van der Waals surface area (Å²) in [5.74, 6) is -0.373. The molecule has 0 aliphatic heterocycles. The van der Waals surface area contributed by atoms with Gasteiger partial charge in [-0.05, 0) is 24.3 Å². The van der Waals surface area contributed by atoms with Gasteiger partial charge in [0.25, 0.3) is 10.0 Å². The molecule has 2 heterocycles. The van der Waals surface area contributed by atoms with Gasteiger partial charge in [-0.15, -0.1) is 0 Å². The van der Waals surface area contributed by atoms with Crippen LogP contribution in [0.3, 0.4) is 0 Å². The van der Waals surface area contributed by atoms with Crippen LogP contribution in [0.4, 0.5) is 4.39 Å². The Morgan fingerprint density at radius 3 is 2.74 bits per heavy atom. The highest BCUT2D eigenvalue weighted by atomic mass is 32.2. The van der Waals surface area contributed by atoms with E-state index in [0.29, 0.717) is 5.76 Å². The second-order valence-electron chi connectivity index (χ2n) is 3.80. The zero-order valence-electron chi connectivity index (χ0n) is 10.3. The van der Waals surface area contributed by atoms with E-state index in [1.807, 2.05) is 0 Å². The van der Waals surface area contributed by atoms with Gasteiger partial charge in [-0.1, -0.05) is 6.92 Å². The molecule has 0 N–H and O–H groups in total. The number of rotatable bonds is 5. The minimum absolute atomic E-state index is 0.0435. The van der Waals surface area contributed by atoms with E-state index in [9.17, 15) is 12.8 Å². The standard InChI is InChI=1S/C12H13FN2O3S/c1-2-15(9-10-5-4-8-18-10)19(16,17)12-11(13)6-3-7-14-12/h3-8H,2,9H2,1H3. The molecular formula is C12H13FN2O3S. The largest absolute Gasteiger partial charge is 0.468 e. The van der Waals surface area contributed by atoms with Crippen molar-refractivity contribution in [2.45, 2.75) is 18.5 Å².